The lowest BCUT2D eigenvalue weighted by atomic mass is 10.1. The minimum absolute atomic E-state index is 0.0894. The topological polar surface area (TPSA) is 84.0 Å². The van der Waals surface area contributed by atoms with E-state index in [1.54, 1.807) is 0 Å². The number of anilines is 2. The molecule has 0 radical (unpaired) electrons. The van der Waals surface area contributed by atoms with Gasteiger partial charge in [-0.2, -0.15) is 0 Å². The van der Waals surface area contributed by atoms with Crippen LogP contribution in [0.1, 0.15) is 25.3 Å². The molecule has 0 aliphatic heterocycles. The number of benzene rings is 2. The summed E-state index contributed by atoms with van der Waals surface area (Å²) in [4.78, 5) is 24.7. The van der Waals surface area contributed by atoms with Gasteiger partial charge in [-0.3, -0.25) is 9.59 Å². The lowest BCUT2D eigenvalue weighted by Crippen LogP contribution is -2.24. The third-order valence-electron chi connectivity index (χ3n) is 4.15. The van der Waals surface area contributed by atoms with Gasteiger partial charge in [0.1, 0.15) is 0 Å². The molecule has 6 nitrogen and oxygen atoms in total. The average Bonchev–Trinajstić information content (AvgIpc) is 3.19. The highest BCUT2D eigenvalue weighted by Crippen LogP contribution is 2.31. The Morgan fingerprint density at radius 3 is 2.50 bits per heavy atom. The predicted molar refractivity (Wildman–Crippen MR) is 126 cm³/mol. The molecule has 2 aromatic carbocycles. The van der Waals surface area contributed by atoms with Crippen LogP contribution in [0, 0.1) is 0 Å². The molecule has 3 aromatic rings. The maximum Gasteiger partial charge on any atom is 0.237 e. The summed E-state index contributed by atoms with van der Waals surface area (Å²) < 4.78 is 1.60. The standard InChI is InChI=1S/C21H21BrN4O2S2/c1-2-17(19(28)23-16-11-9-15(22)10-12-16)29-21-26-25-20(30-21)24-18(27)13-8-14-6-4-3-5-7-14/h3-7,9-12,17H,2,8,13H2,1H3,(H,23,28)(H,24,25,27). The Hall–Kier alpha value is -2.23. The quantitative estimate of drug-likeness (QED) is 0.301. The summed E-state index contributed by atoms with van der Waals surface area (Å²) in [5, 5.41) is 14.0. The number of thioether (sulfide) groups is 1. The normalized spacial score (nSPS) is 11.7. The van der Waals surface area contributed by atoms with Crippen LogP contribution in [0.25, 0.3) is 0 Å². The molecule has 1 heterocycles. The molecule has 1 aromatic heterocycles. The average molecular weight is 505 g/mol. The van der Waals surface area contributed by atoms with Crippen LogP contribution in [-0.4, -0.2) is 27.3 Å². The number of nitrogens with one attached hydrogen (secondary N) is 2. The summed E-state index contributed by atoms with van der Waals surface area (Å²) >= 11 is 6.00. The van der Waals surface area contributed by atoms with E-state index >= 15 is 0 Å². The number of amides is 2. The second-order valence-corrected chi connectivity index (χ2v) is 9.76. The van der Waals surface area contributed by atoms with Gasteiger partial charge >= 0.3 is 0 Å². The van der Waals surface area contributed by atoms with E-state index in [9.17, 15) is 9.59 Å². The number of aryl methyl sites for hydroxylation is 1. The van der Waals surface area contributed by atoms with Crippen molar-refractivity contribution in [1.29, 1.82) is 0 Å². The molecule has 1 atom stereocenters. The second-order valence-electron chi connectivity index (χ2n) is 6.42. The molecule has 2 amide bonds. The molecule has 3 rings (SSSR count). The van der Waals surface area contributed by atoms with E-state index in [4.69, 9.17) is 0 Å². The zero-order valence-electron chi connectivity index (χ0n) is 16.3. The molecule has 9 heteroatoms. The van der Waals surface area contributed by atoms with Crippen LogP contribution in [-0.2, 0) is 16.0 Å². The molecule has 0 saturated carbocycles. The van der Waals surface area contributed by atoms with E-state index < -0.39 is 0 Å². The molecule has 156 valence electrons. The van der Waals surface area contributed by atoms with Crippen molar-refractivity contribution in [2.45, 2.75) is 35.8 Å². The van der Waals surface area contributed by atoms with Crippen LogP contribution < -0.4 is 10.6 Å². The Labute approximate surface area is 192 Å². The number of rotatable bonds is 9. The molecule has 2 N–H and O–H groups in total. The number of aromatic nitrogens is 2. The Morgan fingerprint density at radius 1 is 1.07 bits per heavy atom. The Balaban J connectivity index is 1.50. The van der Waals surface area contributed by atoms with Crippen molar-refractivity contribution >= 4 is 61.7 Å². The highest BCUT2D eigenvalue weighted by Gasteiger charge is 2.21. The number of nitrogens with zero attached hydrogens (tertiary/aromatic N) is 2. The molecule has 0 aliphatic carbocycles. The van der Waals surface area contributed by atoms with Crippen molar-refractivity contribution in [3.63, 3.8) is 0 Å². The minimum Gasteiger partial charge on any atom is -0.325 e. The summed E-state index contributed by atoms with van der Waals surface area (Å²) in [6.07, 6.45) is 1.69. The number of carbonyl (C=O) groups is 2. The van der Waals surface area contributed by atoms with Crippen LogP contribution in [0.2, 0.25) is 0 Å². The summed E-state index contributed by atoms with van der Waals surface area (Å²) in [6, 6.07) is 17.3. The van der Waals surface area contributed by atoms with Gasteiger partial charge < -0.3 is 10.6 Å². The van der Waals surface area contributed by atoms with Crippen molar-refractivity contribution in [1.82, 2.24) is 10.2 Å². The first-order valence-electron chi connectivity index (χ1n) is 9.44. The van der Waals surface area contributed by atoms with Crippen LogP contribution in [0.4, 0.5) is 10.8 Å². The lowest BCUT2D eigenvalue weighted by Gasteiger charge is -2.13. The van der Waals surface area contributed by atoms with E-state index in [-0.39, 0.29) is 17.1 Å². The molecule has 30 heavy (non-hydrogen) atoms. The summed E-state index contributed by atoms with van der Waals surface area (Å²) in [6.45, 7) is 1.95. The summed E-state index contributed by atoms with van der Waals surface area (Å²) in [5.41, 5.74) is 1.86. The van der Waals surface area contributed by atoms with Crippen molar-refractivity contribution in [2.75, 3.05) is 10.6 Å². The number of hydrogen-bond donors (Lipinski definition) is 2. The molecule has 0 aliphatic rings. The van der Waals surface area contributed by atoms with Gasteiger partial charge in [0.2, 0.25) is 16.9 Å². The number of carbonyl (C=O) groups excluding carboxylic acids is 2. The number of hydrogen-bond acceptors (Lipinski definition) is 6. The highest BCUT2D eigenvalue weighted by molar-refractivity contribution is 9.10. The first-order valence-corrected chi connectivity index (χ1v) is 11.9. The van der Waals surface area contributed by atoms with E-state index in [1.807, 2.05) is 61.5 Å². The first-order chi connectivity index (χ1) is 14.5. The Kier molecular flexibility index (Phi) is 8.41. The van der Waals surface area contributed by atoms with Gasteiger partial charge in [0.05, 0.1) is 5.25 Å². The van der Waals surface area contributed by atoms with Gasteiger partial charge in [-0.1, -0.05) is 76.3 Å². The van der Waals surface area contributed by atoms with Crippen LogP contribution in [0.15, 0.2) is 63.4 Å². The first kappa shape index (κ1) is 22.5. The van der Waals surface area contributed by atoms with Crippen molar-refractivity contribution in [3.8, 4) is 0 Å². The zero-order chi connectivity index (χ0) is 21.3. The SMILES string of the molecule is CCC(Sc1nnc(NC(=O)CCc2ccccc2)s1)C(=O)Nc1ccc(Br)cc1. The Bertz CT molecular complexity index is 980. The van der Waals surface area contributed by atoms with Crippen LogP contribution >= 0.6 is 39.0 Å². The summed E-state index contributed by atoms with van der Waals surface area (Å²) in [7, 11) is 0. The monoisotopic (exact) mass is 504 g/mol. The van der Waals surface area contributed by atoms with Crippen molar-refractivity contribution in [2.24, 2.45) is 0 Å². The van der Waals surface area contributed by atoms with Crippen LogP contribution in [0.3, 0.4) is 0 Å². The van der Waals surface area contributed by atoms with Crippen molar-refractivity contribution in [3.05, 3.63) is 64.6 Å². The third-order valence-corrected chi connectivity index (χ3v) is 6.97. The molecule has 0 saturated heterocycles. The molecular weight excluding hydrogens is 484 g/mol. The molecule has 0 spiro atoms. The third kappa shape index (κ3) is 6.93. The van der Waals surface area contributed by atoms with Gasteiger partial charge in [0.25, 0.3) is 0 Å². The Morgan fingerprint density at radius 2 is 1.80 bits per heavy atom. The van der Waals surface area contributed by atoms with E-state index in [1.165, 1.54) is 23.1 Å². The van der Waals surface area contributed by atoms with E-state index in [0.717, 1.165) is 15.7 Å². The highest BCUT2D eigenvalue weighted by atomic mass is 79.9. The van der Waals surface area contributed by atoms with Gasteiger partial charge in [0.15, 0.2) is 4.34 Å². The minimum atomic E-state index is -0.303. The second kappa shape index (κ2) is 11.2. The van der Waals surface area contributed by atoms with Gasteiger partial charge in [-0.25, -0.2) is 0 Å². The zero-order valence-corrected chi connectivity index (χ0v) is 19.5. The summed E-state index contributed by atoms with van der Waals surface area (Å²) in [5.74, 6) is -0.194. The molecule has 0 bridgehead atoms. The maximum absolute atomic E-state index is 12.6. The number of halogens is 1. The largest absolute Gasteiger partial charge is 0.325 e. The maximum atomic E-state index is 12.6. The van der Waals surface area contributed by atoms with E-state index in [2.05, 4.69) is 36.8 Å². The van der Waals surface area contributed by atoms with Crippen molar-refractivity contribution < 1.29 is 9.59 Å². The fourth-order valence-corrected chi connectivity index (χ4v) is 4.79. The predicted octanol–water partition coefficient (Wildman–Crippen LogP) is 5.38. The molecule has 1 unspecified atom stereocenters. The fraction of sp³-hybridized carbons (Fsp3) is 0.238. The molecule has 0 fully saturated rings. The van der Waals surface area contributed by atoms with Gasteiger partial charge in [-0.15, -0.1) is 10.2 Å². The van der Waals surface area contributed by atoms with Crippen LogP contribution in [0.5, 0.6) is 0 Å². The molecular formula is C21H21BrN4O2S2. The lowest BCUT2D eigenvalue weighted by molar-refractivity contribution is -0.116. The van der Waals surface area contributed by atoms with E-state index in [0.29, 0.717) is 28.7 Å². The van der Waals surface area contributed by atoms with Gasteiger partial charge in [0, 0.05) is 16.6 Å². The smallest absolute Gasteiger partial charge is 0.237 e. The fourth-order valence-electron chi connectivity index (χ4n) is 2.59. The van der Waals surface area contributed by atoms with Gasteiger partial charge in [-0.05, 0) is 42.7 Å².